The molecule has 0 bridgehead atoms. The molecule has 0 atom stereocenters. The topological polar surface area (TPSA) is 135 Å². The van der Waals surface area contributed by atoms with Crippen molar-refractivity contribution in [3.8, 4) is 17.2 Å². The van der Waals surface area contributed by atoms with Gasteiger partial charge in [-0.2, -0.15) is 0 Å². The first-order valence-electron chi connectivity index (χ1n) is 8.40. The van der Waals surface area contributed by atoms with Gasteiger partial charge in [-0.3, -0.25) is 0 Å². The second kappa shape index (κ2) is 7.77. The molecule has 146 valence electrons. The second-order valence-electron chi connectivity index (χ2n) is 6.23. The van der Waals surface area contributed by atoms with E-state index in [9.17, 15) is 30.0 Å². The molecule has 0 saturated carbocycles. The largest absolute Gasteiger partial charge is 0.506 e. The van der Waals surface area contributed by atoms with Crippen molar-refractivity contribution in [3.63, 3.8) is 0 Å². The number of carbonyl (C=O) groups is 2. The minimum absolute atomic E-state index is 0.235. The molecule has 0 saturated heterocycles. The second-order valence-corrected chi connectivity index (χ2v) is 6.23. The summed E-state index contributed by atoms with van der Waals surface area (Å²) in [5.74, 6) is -3.43. The van der Waals surface area contributed by atoms with Crippen LogP contribution in [0.3, 0.4) is 0 Å². The number of fused-ring (bicyclic) bond motifs is 1. The highest BCUT2D eigenvalue weighted by molar-refractivity contribution is 6.05. The van der Waals surface area contributed by atoms with E-state index in [4.69, 9.17) is 5.11 Å². The van der Waals surface area contributed by atoms with E-state index in [2.05, 4.69) is 0 Å². The Hall–Kier alpha value is -4.26. The van der Waals surface area contributed by atoms with Crippen LogP contribution in [0.25, 0.3) is 29.0 Å². The number of aromatic carboxylic acids is 1. The van der Waals surface area contributed by atoms with Crippen LogP contribution in [0.4, 0.5) is 0 Å². The molecule has 0 aliphatic heterocycles. The third kappa shape index (κ3) is 4.19. The Morgan fingerprint density at radius 2 is 1.38 bits per heavy atom. The molecule has 5 N–H and O–H groups in total. The molecular weight excluding hydrogens is 376 g/mol. The number of aromatic hydroxyl groups is 3. The predicted octanol–water partition coefficient (Wildman–Crippen LogP) is 3.92. The van der Waals surface area contributed by atoms with Crippen LogP contribution in [0, 0.1) is 0 Å². The Labute approximate surface area is 164 Å². The van der Waals surface area contributed by atoms with Crippen LogP contribution in [0.5, 0.6) is 17.2 Å². The number of phenolic OH excluding ortho intramolecular Hbond substituents is 2. The highest BCUT2D eigenvalue weighted by atomic mass is 16.4. The lowest BCUT2D eigenvalue weighted by atomic mass is 9.97. The molecule has 0 aromatic heterocycles. The zero-order valence-corrected chi connectivity index (χ0v) is 14.9. The fourth-order valence-corrected chi connectivity index (χ4v) is 2.86. The van der Waals surface area contributed by atoms with E-state index in [0.717, 1.165) is 6.08 Å². The van der Waals surface area contributed by atoms with Gasteiger partial charge in [0.1, 0.15) is 11.3 Å². The quantitative estimate of drug-likeness (QED) is 0.252. The first-order valence-corrected chi connectivity index (χ1v) is 8.40. The van der Waals surface area contributed by atoms with Crippen LogP contribution in [-0.4, -0.2) is 37.5 Å². The summed E-state index contributed by atoms with van der Waals surface area (Å²) < 4.78 is 0. The fraction of sp³-hybridized carbons (Fsp3) is 0. The average molecular weight is 392 g/mol. The van der Waals surface area contributed by atoms with Crippen molar-refractivity contribution in [1.29, 1.82) is 0 Å². The summed E-state index contributed by atoms with van der Waals surface area (Å²) in [6.45, 7) is 0. The van der Waals surface area contributed by atoms with Gasteiger partial charge in [-0.1, -0.05) is 30.4 Å². The Balaban J connectivity index is 2.11. The SMILES string of the molecule is O=C(O)/C=C\c1cc(C(=O)O)c(O)c2cc(/C=C/c3ccc(O)c(O)c3)ccc12. The highest BCUT2D eigenvalue weighted by Crippen LogP contribution is 2.34. The summed E-state index contributed by atoms with van der Waals surface area (Å²) in [7, 11) is 0. The summed E-state index contributed by atoms with van der Waals surface area (Å²) in [6, 6.07) is 10.5. The molecule has 0 unspecified atom stereocenters. The molecule has 0 heterocycles. The molecule has 0 fully saturated rings. The van der Waals surface area contributed by atoms with Crippen molar-refractivity contribution < 1.29 is 35.1 Å². The third-order valence-corrected chi connectivity index (χ3v) is 4.27. The number of aliphatic carboxylic acids is 1. The standard InChI is InChI=1S/C22H16O7/c23-18-7-4-13(10-19(18)24)2-1-12-3-6-15-14(5-8-20(25)26)11-17(22(28)29)21(27)16(15)9-12/h1-11,23-24,27H,(H,25,26)(H,28,29)/b2-1+,8-5-. The lowest BCUT2D eigenvalue weighted by Gasteiger charge is -2.09. The van der Waals surface area contributed by atoms with Gasteiger partial charge in [0, 0.05) is 11.5 Å². The molecule has 29 heavy (non-hydrogen) atoms. The Morgan fingerprint density at radius 1 is 0.724 bits per heavy atom. The van der Waals surface area contributed by atoms with Gasteiger partial charge in [-0.15, -0.1) is 0 Å². The molecule has 0 aliphatic carbocycles. The number of phenols is 3. The van der Waals surface area contributed by atoms with Crippen molar-refractivity contribution in [1.82, 2.24) is 0 Å². The number of rotatable bonds is 5. The monoisotopic (exact) mass is 392 g/mol. The van der Waals surface area contributed by atoms with Gasteiger partial charge in [0.2, 0.25) is 0 Å². The van der Waals surface area contributed by atoms with Crippen LogP contribution in [0.1, 0.15) is 27.0 Å². The van der Waals surface area contributed by atoms with Crippen molar-refractivity contribution >= 4 is 40.9 Å². The van der Waals surface area contributed by atoms with Crippen molar-refractivity contribution in [2.75, 3.05) is 0 Å². The molecule has 0 spiro atoms. The lowest BCUT2D eigenvalue weighted by molar-refractivity contribution is -0.131. The maximum atomic E-state index is 11.5. The van der Waals surface area contributed by atoms with Crippen molar-refractivity contribution in [2.45, 2.75) is 0 Å². The maximum Gasteiger partial charge on any atom is 0.339 e. The van der Waals surface area contributed by atoms with Crippen LogP contribution in [0.2, 0.25) is 0 Å². The zero-order valence-electron chi connectivity index (χ0n) is 14.9. The van der Waals surface area contributed by atoms with Gasteiger partial charge in [-0.25, -0.2) is 9.59 Å². The van der Waals surface area contributed by atoms with E-state index in [0.29, 0.717) is 22.1 Å². The highest BCUT2D eigenvalue weighted by Gasteiger charge is 2.16. The zero-order chi connectivity index (χ0) is 21.1. The summed E-state index contributed by atoms with van der Waals surface area (Å²) in [6.07, 6.45) is 5.52. The van der Waals surface area contributed by atoms with Crippen LogP contribution < -0.4 is 0 Å². The van der Waals surface area contributed by atoms with Gasteiger partial charge >= 0.3 is 11.9 Å². The molecule has 7 heteroatoms. The molecule has 0 radical (unpaired) electrons. The smallest absolute Gasteiger partial charge is 0.339 e. The van der Waals surface area contributed by atoms with Crippen molar-refractivity contribution in [3.05, 3.63) is 70.8 Å². The lowest BCUT2D eigenvalue weighted by Crippen LogP contribution is -1.99. The fourth-order valence-electron chi connectivity index (χ4n) is 2.86. The molecule has 3 aromatic carbocycles. The summed E-state index contributed by atoms with van der Waals surface area (Å²) in [5, 5.41) is 48.2. The first-order chi connectivity index (χ1) is 13.8. The molecule has 7 nitrogen and oxygen atoms in total. The van der Waals surface area contributed by atoms with Crippen LogP contribution >= 0.6 is 0 Å². The maximum absolute atomic E-state index is 11.5. The number of carboxylic acid groups (broad SMARTS) is 2. The van der Waals surface area contributed by atoms with E-state index < -0.39 is 17.7 Å². The third-order valence-electron chi connectivity index (χ3n) is 4.27. The number of hydrogen-bond donors (Lipinski definition) is 5. The predicted molar refractivity (Wildman–Crippen MR) is 108 cm³/mol. The molecule has 3 rings (SSSR count). The van der Waals surface area contributed by atoms with Gasteiger partial charge < -0.3 is 25.5 Å². The Morgan fingerprint density at radius 3 is 2.00 bits per heavy atom. The molecule has 3 aromatic rings. The Kier molecular flexibility index (Phi) is 5.23. The van der Waals surface area contributed by atoms with E-state index in [1.807, 2.05) is 0 Å². The minimum Gasteiger partial charge on any atom is -0.506 e. The Bertz CT molecular complexity index is 1190. The van der Waals surface area contributed by atoms with E-state index in [1.54, 1.807) is 36.4 Å². The summed E-state index contributed by atoms with van der Waals surface area (Å²) in [4.78, 5) is 22.3. The number of benzene rings is 3. The van der Waals surface area contributed by atoms with E-state index in [-0.39, 0.29) is 22.4 Å². The van der Waals surface area contributed by atoms with Gasteiger partial charge in [0.25, 0.3) is 0 Å². The summed E-state index contributed by atoms with van der Waals surface area (Å²) in [5.41, 5.74) is 1.26. The number of hydrogen-bond acceptors (Lipinski definition) is 5. The first kappa shape index (κ1) is 19.5. The van der Waals surface area contributed by atoms with Gasteiger partial charge in [0.15, 0.2) is 11.5 Å². The normalized spacial score (nSPS) is 11.4. The van der Waals surface area contributed by atoms with E-state index >= 15 is 0 Å². The summed E-state index contributed by atoms with van der Waals surface area (Å²) >= 11 is 0. The van der Waals surface area contributed by atoms with E-state index in [1.165, 1.54) is 24.3 Å². The van der Waals surface area contributed by atoms with Gasteiger partial charge in [0.05, 0.1) is 0 Å². The number of carboxylic acids is 2. The van der Waals surface area contributed by atoms with Gasteiger partial charge in [-0.05, 0) is 52.4 Å². The molecule has 0 aliphatic rings. The average Bonchev–Trinajstić information content (AvgIpc) is 2.68. The minimum atomic E-state index is -1.34. The van der Waals surface area contributed by atoms with Crippen LogP contribution in [-0.2, 0) is 4.79 Å². The van der Waals surface area contributed by atoms with Crippen LogP contribution in [0.15, 0.2) is 48.5 Å². The molecular formula is C22H16O7. The molecule has 0 amide bonds. The van der Waals surface area contributed by atoms with Crippen molar-refractivity contribution in [2.24, 2.45) is 0 Å².